The zero-order valence-electron chi connectivity index (χ0n) is 13.0. The summed E-state index contributed by atoms with van der Waals surface area (Å²) < 4.78 is 1.91. The highest BCUT2D eigenvalue weighted by molar-refractivity contribution is 6.28. The first kappa shape index (κ1) is 15.0. The molecule has 108 valence electrons. The minimum absolute atomic E-state index is 0.108. The number of rotatable bonds is 1. The summed E-state index contributed by atoms with van der Waals surface area (Å²) in [5, 5.41) is 8.63. The monoisotopic (exact) mass is 291 g/mol. The predicted molar refractivity (Wildman–Crippen MR) is 83.8 cm³/mol. The normalized spacial score (nSPS) is 12.8. The molecule has 0 unspecified atom stereocenters. The van der Waals surface area contributed by atoms with E-state index in [1.54, 1.807) is 0 Å². The molecule has 1 aromatic heterocycles. The Morgan fingerprint density at radius 1 is 0.850 bits per heavy atom. The third-order valence-corrected chi connectivity index (χ3v) is 3.53. The van der Waals surface area contributed by atoms with Gasteiger partial charge in [0.15, 0.2) is 0 Å². The lowest BCUT2D eigenvalue weighted by atomic mass is 9.87. The molecule has 0 saturated carbocycles. The standard InChI is InChI=1S/C16H22ClN3/c1-15(2,3)11-7-9-12(10-8-11)20-13(16(4,5)6)18-19-14(20)17/h7-10H,1-6H3. The third-order valence-electron chi connectivity index (χ3n) is 3.29. The maximum absolute atomic E-state index is 6.20. The van der Waals surface area contributed by atoms with Gasteiger partial charge in [0.2, 0.25) is 5.28 Å². The van der Waals surface area contributed by atoms with Crippen LogP contribution in [0.15, 0.2) is 24.3 Å². The maximum atomic E-state index is 6.20. The van der Waals surface area contributed by atoms with Gasteiger partial charge in [0.1, 0.15) is 5.82 Å². The van der Waals surface area contributed by atoms with Gasteiger partial charge in [-0.25, -0.2) is 0 Å². The zero-order chi connectivity index (χ0) is 15.1. The third kappa shape index (κ3) is 2.88. The van der Waals surface area contributed by atoms with Gasteiger partial charge >= 0.3 is 0 Å². The van der Waals surface area contributed by atoms with Crippen LogP contribution in [0.3, 0.4) is 0 Å². The van der Waals surface area contributed by atoms with E-state index in [2.05, 4.69) is 76.0 Å². The van der Waals surface area contributed by atoms with Crippen LogP contribution >= 0.6 is 11.6 Å². The van der Waals surface area contributed by atoms with Gasteiger partial charge < -0.3 is 0 Å². The number of nitrogens with zero attached hydrogens (tertiary/aromatic N) is 3. The van der Waals surface area contributed by atoms with Crippen LogP contribution in [0.4, 0.5) is 0 Å². The molecule has 0 fully saturated rings. The molecule has 1 heterocycles. The fourth-order valence-corrected chi connectivity index (χ4v) is 2.31. The largest absolute Gasteiger partial charge is 0.269 e. The van der Waals surface area contributed by atoms with Crippen molar-refractivity contribution in [1.29, 1.82) is 0 Å². The summed E-state index contributed by atoms with van der Waals surface area (Å²) in [7, 11) is 0. The highest BCUT2D eigenvalue weighted by Gasteiger charge is 2.24. The second kappa shape index (κ2) is 4.88. The van der Waals surface area contributed by atoms with Crippen molar-refractivity contribution in [3.8, 4) is 5.69 Å². The molecule has 0 N–H and O–H groups in total. The lowest BCUT2D eigenvalue weighted by Crippen LogP contribution is -2.18. The summed E-state index contributed by atoms with van der Waals surface area (Å²) in [6.07, 6.45) is 0. The Bertz CT molecular complexity index is 598. The number of benzene rings is 1. The van der Waals surface area contributed by atoms with Crippen LogP contribution in [0.5, 0.6) is 0 Å². The van der Waals surface area contributed by atoms with E-state index in [0.717, 1.165) is 11.5 Å². The summed E-state index contributed by atoms with van der Waals surface area (Å²) in [6.45, 7) is 12.9. The Morgan fingerprint density at radius 2 is 1.40 bits per heavy atom. The zero-order valence-corrected chi connectivity index (χ0v) is 13.8. The lowest BCUT2D eigenvalue weighted by molar-refractivity contribution is 0.533. The minimum Gasteiger partial charge on any atom is -0.269 e. The fraction of sp³-hybridized carbons (Fsp3) is 0.500. The van der Waals surface area contributed by atoms with E-state index in [-0.39, 0.29) is 10.8 Å². The van der Waals surface area contributed by atoms with Crippen molar-refractivity contribution < 1.29 is 0 Å². The first-order valence-corrected chi connectivity index (χ1v) is 7.21. The van der Waals surface area contributed by atoms with E-state index in [0.29, 0.717) is 5.28 Å². The first-order valence-electron chi connectivity index (χ1n) is 6.83. The van der Waals surface area contributed by atoms with E-state index >= 15 is 0 Å². The van der Waals surface area contributed by atoms with E-state index in [4.69, 9.17) is 11.6 Å². The lowest BCUT2D eigenvalue weighted by Gasteiger charge is -2.21. The average Bonchev–Trinajstić information content (AvgIpc) is 2.70. The summed E-state index contributed by atoms with van der Waals surface area (Å²) in [6, 6.07) is 8.42. The van der Waals surface area contributed by atoms with Crippen LogP contribution in [-0.4, -0.2) is 14.8 Å². The Hall–Kier alpha value is -1.35. The highest BCUT2D eigenvalue weighted by atomic mass is 35.5. The van der Waals surface area contributed by atoms with Crippen LogP contribution in [-0.2, 0) is 10.8 Å². The number of hydrogen-bond acceptors (Lipinski definition) is 2. The molecule has 0 atom stereocenters. The SMILES string of the molecule is CC(C)(C)c1ccc(-n2c(Cl)nnc2C(C)(C)C)cc1. The second-order valence-electron chi connectivity index (χ2n) is 7.17. The van der Waals surface area contributed by atoms with E-state index in [9.17, 15) is 0 Å². The number of hydrogen-bond donors (Lipinski definition) is 0. The van der Waals surface area contributed by atoms with E-state index < -0.39 is 0 Å². The Morgan fingerprint density at radius 3 is 1.85 bits per heavy atom. The molecule has 4 heteroatoms. The molecule has 0 aliphatic rings. The van der Waals surface area contributed by atoms with E-state index in [1.165, 1.54) is 5.56 Å². The molecular formula is C16H22ClN3. The van der Waals surface area contributed by atoms with Crippen molar-refractivity contribution in [2.24, 2.45) is 0 Å². The van der Waals surface area contributed by atoms with Gasteiger partial charge in [0.05, 0.1) is 0 Å². The Kier molecular flexibility index (Phi) is 3.67. The molecule has 1 aromatic carbocycles. The quantitative estimate of drug-likeness (QED) is 0.773. The minimum atomic E-state index is -0.108. The van der Waals surface area contributed by atoms with Crippen molar-refractivity contribution >= 4 is 11.6 Å². The van der Waals surface area contributed by atoms with Crippen molar-refractivity contribution in [2.45, 2.75) is 52.4 Å². The first-order chi connectivity index (χ1) is 9.10. The molecule has 2 aromatic rings. The molecule has 0 amide bonds. The highest BCUT2D eigenvalue weighted by Crippen LogP contribution is 2.28. The molecule has 0 saturated heterocycles. The smallest absolute Gasteiger partial charge is 0.229 e. The molecular weight excluding hydrogens is 270 g/mol. The van der Waals surface area contributed by atoms with Crippen molar-refractivity contribution in [3.05, 3.63) is 40.9 Å². The maximum Gasteiger partial charge on any atom is 0.229 e. The fourth-order valence-electron chi connectivity index (χ4n) is 2.09. The molecule has 0 aliphatic heterocycles. The van der Waals surface area contributed by atoms with Crippen molar-refractivity contribution in [2.75, 3.05) is 0 Å². The van der Waals surface area contributed by atoms with Gasteiger partial charge in [-0.3, -0.25) is 4.57 Å². The van der Waals surface area contributed by atoms with Crippen molar-refractivity contribution in [1.82, 2.24) is 14.8 Å². The van der Waals surface area contributed by atoms with Crippen LogP contribution in [0, 0.1) is 0 Å². The molecule has 0 spiro atoms. The molecule has 20 heavy (non-hydrogen) atoms. The van der Waals surface area contributed by atoms with Crippen LogP contribution in [0.25, 0.3) is 5.69 Å². The second-order valence-corrected chi connectivity index (χ2v) is 7.51. The van der Waals surface area contributed by atoms with Gasteiger partial charge in [0, 0.05) is 11.1 Å². The average molecular weight is 292 g/mol. The Labute approximate surface area is 126 Å². The van der Waals surface area contributed by atoms with E-state index in [1.807, 2.05) is 4.57 Å². The van der Waals surface area contributed by atoms with Crippen molar-refractivity contribution in [3.63, 3.8) is 0 Å². The van der Waals surface area contributed by atoms with Gasteiger partial charge in [0.25, 0.3) is 0 Å². The molecule has 0 radical (unpaired) electrons. The topological polar surface area (TPSA) is 30.7 Å². The van der Waals surface area contributed by atoms with Gasteiger partial charge in [-0.1, -0.05) is 53.7 Å². The summed E-state index contributed by atoms with van der Waals surface area (Å²) in [5.41, 5.74) is 2.33. The molecule has 2 rings (SSSR count). The summed E-state index contributed by atoms with van der Waals surface area (Å²) in [4.78, 5) is 0. The molecule has 0 aliphatic carbocycles. The predicted octanol–water partition coefficient (Wildman–Crippen LogP) is 4.52. The van der Waals surface area contributed by atoms with Gasteiger partial charge in [-0.05, 0) is 34.7 Å². The van der Waals surface area contributed by atoms with Gasteiger partial charge in [-0.15, -0.1) is 10.2 Å². The van der Waals surface area contributed by atoms with Crippen LogP contribution in [0.1, 0.15) is 52.9 Å². The molecule has 3 nitrogen and oxygen atoms in total. The number of halogens is 1. The summed E-state index contributed by atoms with van der Waals surface area (Å²) >= 11 is 6.20. The summed E-state index contributed by atoms with van der Waals surface area (Å²) in [5.74, 6) is 0.867. The Balaban J connectivity index is 2.50. The van der Waals surface area contributed by atoms with Crippen LogP contribution in [0.2, 0.25) is 5.28 Å². The number of aromatic nitrogens is 3. The molecule has 0 bridgehead atoms. The van der Waals surface area contributed by atoms with Crippen LogP contribution < -0.4 is 0 Å². The van der Waals surface area contributed by atoms with Gasteiger partial charge in [-0.2, -0.15) is 0 Å².